The summed E-state index contributed by atoms with van der Waals surface area (Å²) < 4.78 is 2.06. The summed E-state index contributed by atoms with van der Waals surface area (Å²) in [5.41, 5.74) is 0.415. The second-order valence-corrected chi connectivity index (χ2v) is 6.44. The second-order valence-electron chi connectivity index (χ2n) is 6.44. The molecule has 2 heterocycles. The number of nitrogens with one attached hydrogen (secondary N) is 1. The Bertz CT molecular complexity index is 383. The molecule has 4 nitrogen and oxygen atoms in total. The fraction of sp³-hybridized carbons (Fsp3) is 0.857. The third kappa shape index (κ3) is 2.44. The Kier molecular flexibility index (Phi) is 3.76. The Labute approximate surface area is 110 Å². The zero-order valence-corrected chi connectivity index (χ0v) is 12.2. The van der Waals surface area contributed by atoms with Gasteiger partial charge in [-0.05, 0) is 31.2 Å². The lowest BCUT2D eigenvalue weighted by Crippen LogP contribution is -2.53. The van der Waals surface area contributed by atoms with E-state index in [2.05, 4.69) is 47.8 Å². The van der Waals surface area contributed by atoms with Crippen LogP contribution in [0.25, 0.3) is 0 Å². The van der Waals surface area contributed by atoms with Crippen LogP contribution in [-0.4, -0.2) is 26.8 Å². The van der Waals surface area contributed by atoms with Crippen molar-refractivity contribution in [3.05, 3.63) is 12.2 Å². The van der Waals surface area contributed by atoms with Crippen molar-refractivity contribution in [2.75, 3.05) is 6.54 Å². The van der Waals surface area contributed by atoms with Crippen molar-refractivity contribution in [1.82, 2.24) is 20.1 Å². The number of nitrogens with zero attached hydrogens (tertiary/aromatic N) is 3. The Balaban J connectivity index is 2.21. The lowest BCUT2D eigenvalue weighted by atomic mass is 9.70. The molecule has 1 aromatic rings. The molecule has 0 bridgehead atoms. The Morgan fingerprint density at radius 2 is 2.22 bits per heavy atom. The molecule has 1 aromatic heterocycles. The minimum atomic E-state index is 0.172. The maximum atomic E-state index is 4.47. The first kappa shape index (κ1) is 13.5. The molecule has 0 saturated carbocycles. The number of aromatic nitrogens is 3. The van der Waals surface area contributed by atoms with E-state index >= 15 is 0 Å². The standard InChI is InChI=1S/C14H26N4/c1-5-9-18-12(15-11-17-18)10-14(13(2,3)4)7-6-8-16-14/h11,16H,5-10H2,1-4H3. The molecule has 18 heavy (non-hydrogen) atoms. The van der Waals surface area contributed by atoms with Crippen LogP contribution in [0, 0.1) is 5.41 Å². The first-order chi connectivity index (χ1) is 8.48. The summed E-state index contributed by atoms with van der Waals surface area (Å²) in [7, 11) is 0. The average Bonchev–Trinajstić information content (AvgIpc) is 2.89. The molecule has 1 aliphatic heterocycles. The number of aryl methyl sites for hydroxylation is 1. The van der Waals surface area contributed by atoms with Crippen LogP contribution in [0.15, 0.2) is 6.33 Å². The zero-order valence-electron chi connectivity index (χ0n) is 12.2. The van der Waals surface area contributed by atoms with Gasteiger partial charge in [0.15, 0.2) is 0 Å². The van der Waals surface area contributed by atoms with Crippen molar-refractivity contribution in [3.8, 4) is 0 Å². The van der Waals surface area contributed by atoms with Crippen molar-refractivity contribution < 1.29 is 0 Å². The van der Waals surface area contributed by atoms with Crippen LogP contribution in [-0.2, 0) is 13.0 Å². The van der Waals surface area contributed by atoms with Crippen LogP contribution in [0.2, 0.25) is 0 Å². The van der Waals surface area contributed by atoms with E-state index < -0.39 is 0 Å². The third-order valence-electron chi connectivity index (χ3n) is 4.27. The topological polar surface area (TPSA) is 42.7 Å². The molecule has 0 amide bonds. The van der Waals surface area contributed by atoms with Gasteiger partial charge in [-0.2, -0.15) is 5.10 Å². The highest BCUT2D eigenvalue weighted by atomic mass is 15.3. The van der Waals surface area contributed by atoms with Gasteiger partial charge < -0.3 is 5.32 Å². The van der Waals surface area contributed by atoms with E-state index in [0.717, 1.165) is 31.8 Å². The maximum Gasteiger partial charge on any atom is 0.138 e. The monoisotopic (exact) mass is 250 g/mol. The summed E-state index contributed by atoms with van der Waals surface area (Å²) >= 11 is 0. The van der Waals surface area contributed by atoms with Crippen LogP contribution >= 0.6 is 0 Å². The number of hydrogen-bond donors (Lipinski definition) is 1. The van der Waals surface area contributed by atoms with Crippen molar-refractivity contribution in [2.45, 2.75) is 65.5 Å². The number of hydrogen-bond acceptors (Lipinski definition) is 3. The summed E-state index contributed by atoms with van der Waals surface area (Å²) in [4.78, 5) is 4.47. The van der Waals surface area contributed by atoms with Gasteiger partial charge in [-0.15, -0.1) is 0 Å². The molecule has 1 fully saturated rings. The molecule has 1 N–H and O–H groups in total. The van der Waals surface area contributed by atoms with E-state index in [-0.39, 0.29) is 11.0 Å². The molecule has 0 aliphatic carbocycles. The Morgan fingerprint density at radius 1 is 1.44 bits per heavy atom. The van der Waals surface area contributed by atoms with Gasteiger partial charge in [0.05, 0.1) is 0 Å². The van der Waals surface area contributed by atoms with Gasteiger partial charge in [0.25, 0.3) is 0 Å². The lowest BCUT2D eigenvalue weighted by Gasteiger charge is -2.42. The van der Waals surface area contributed by atoms with Crippen LogP contribution in [0.5, 0.6) is 0 Å². The largest absolute Gasteiger partial charge is 0.310 e. The summed E-state index contributed by atoms with van der Waals surface area (Å²) in [5.74, 6) is 1.13. The van der Waals surface area contributed by atoms with Gasteiger partial charge in [-0.1, -0.05) is 27.7 Å². The summed E-state index contributed by atoms with van der Waals surface area (Å²) in [6, 6.07) is 0. The third-order valence-corrected chi connectivity index (χ3v) is 4.27. The van der Waals surface area contributed by atoms with Crippen molar-refractivity contribution in [2.24, 2.45) is 5.41 Å². The van der Waals surface area contributed by atoms with Gasteiger partial charge in [0.1, 0.15) is 12.2 Å². The molecule has 1 atom stereocenters. The van der Waals surface area contributed by atoms with E-state index in [4.69, 9.17) is 0 Å². The molecule has 0 spiro atoms. The predicted octanol–water partition coefficient (Wildman–Crippen LogP) is 2.40. The fourth-order valence-corrected chi connectivity index (χ4v) is 2.96. The second kappa shape index (κ2) is 5.00. The predicted molar refractivity (Wildman–Crippen MR) is 73.4 cm³/mol. The fourth-order valence-electron chi connectivity index (χ4n) is 2.96. The molecular weight excluding hydrogens is 224 g/mol. The highest BCUT2D eigenvalue weighted by Gasteiger charge is 2.44. The van der Waals surface area contributed by atoms with Gasteiger partial charge in [-0.25, -0.2) is 4.98 Å². The van der Waals surface area contributed by atoms with E-state index in [9.17, 15) is 0 Å². The molecule has 1 saturated heterocycles. The SMILES string of the molecule is CCCn1ncnc1CC1(C(C)(C)C)CCCN1. The molecule has 0 aromatic carbocycles. The molecule has 1 aliphatic rings. The minimum Gasteiger partial charge on any atom is -0.310 e. The van der Waals surface area contributed by atoms with Crippen LogP contribution in [0.1, 0.15) is 52.8 Å². The molecule has 1 unspecified atom stereocenters. The number of rotatable bonds is 4. The van der Waals surface area contributed by atoms with Crippen molar-refractivity contribution >= 4 is 0 Å². The lowest BCUT2D eigenvalue weighted by molar-refractivity contribution is 0.155. The first-order valence-electron chi connectivity index (χ1n) is 7.10. The van der Waals surface area contributed by atoms with E-state index in [0.29, 0.717) is 0 Å². The van der Waals surface area contributed by atoms with E-state index in [1.807, 2.05) is 0 Å². The van der Waals surface area contributed by atoms with Crippen LogP contribution < -0.4 is 5.32 Å². The smallest absolute Gasteiger partial charge is 0.138 e. The minimum absolute atomic E-state index is 0.172. The van der Waals surface area contributed by atoms with E-state index in [1.165, 1.54) is 12.8 Å². The van der Waals surface area contributed by atoms with Gasteiger partial charge in [0, 0.05) is 18.5 Å². The zero-order chi connectivity index (χ0) is 13.2. The molecule has 4 heteroatoms. The Hall–Kier alpha value is -0.900. The summed E-state index contributed by atoms with van der Waals surface area (Å²) in [5, 5.41) is 8.08. The van der Waals surface area contributed by atoms with Crippen molar-refractivity contribution in [3.63, 3.8) is 0 Å². The Morgan fingerprint density at radius 3 is 2.78 bits per heavy atom. The quantitative estimate of drug-likeness (QED) is 0.892. The normalized spacial score (nSPS) is 24.7. The van der Waals surface area contributed by atoms with Crippen LogP contribution in [0.4, 0.5) is 0 Å². The highest BCUT2D eigenvalue weighted by Crippen LogP contribution is 2.39. The first-order valence-corrected chi connectivity index (χ1v) is 7.10. The van der Waals surface area contributed by atoms with Gasteiger partial charge >= 0.3 is 0 Å². The van der Waals surface area contributed by atoms with Gasteiger partial charge in [-0.3, -0.25) is 4.68 Å². The highest BCUT2D eigenvalue weighted by molar-refractivity contribution is 5.08. The summed E-state index contributed by atoms with van der Waals surface area (Å²) in [6.45, 7) is 11.2. The average molecular weight is 250 g/mol. The molecular formula is C14H26N4. The molecule has 2 rings (SSSR count). The van der Waals surface area contributed by atoms with Gasteiger partial charge in [0.2, 0.25) is 0 Å². The maximum absolute atomic E-state index is 4.47. The molecule has 102 valence electrons. The summed E-state index contributed by atoms with van der Waals surface area (Å²) in [6.07, 6.45) is 6.27. The molecule has 0 radical (unpaired) electrons. The van der Waals surface area contributed by atoms with Crippen molar-refractivity contribution in [1.29, 1.82) is 0 Å². The van der Waals surface area contributed by atoms with Crippen LogP contribution in [0.3, 0.4) is 0 Å². The van der Waals surface area contributed by atoms with E-state index in [1.54, 1.807) is 6.33 Å².